The van der Waals surface area contributed by atoms with Crippen LogP contribution >= 0.6 is 38.5 Å². The molecule has 2 aromatic rings. The van der Waals surface area contributed by atoms with E-state index >= 15 is 0 Å². The fourth-order valence-electron chi connectivity index (χ4n) is 1.72. The van der Waals surface area contributed by atoms with Crippen molar-refractivity contribution in [1.29, 1.82) is 0 Å². The fourth-order valence-corrected chi connectivity index (χ4v) is 3.28. The van der Waals surface area contributed by atoms with Gasteiger partial charge >= 0.3 is 0 Å². The van der Waals surface area contributed by atoms with Gasteiger partial charge in [-0.15, -0.1) is 0 Å². The highest BCUT2D eigenvalue weighted by atomic mass is 127. The standard InChI is InChI=1S/C11H11BrIN/c1-6(2)10-8-5-7(12)3-4-9(8)14-11(10)13/h3-6,14H,1-2H3. The molecule has 0 aliphatic rings. The number of benzene rings is 1. The number of H-pyrrole nitrogens is 1. The van der Waals surface area contributed by atoms with Crippen LogP contribution in [-0.2, 0) is 0 Å². The van der Waals surface area contributed by atoms with Gasteiger partial charge in [0.15, 0.2) is 0 Å². The first kappa shape index (κ1) is 10.5. The van der Waals surface area contributed by atoms with E-state index in [2.05, 4.69) is 75.6 Å². The van der Waals surface area contributed by atoms with Crippen molar-refractivity contribution in [2.45, 2.75) is 19.8 Å². The Hall–Kier alpha value is -0.0300. The maximum absolute atomic E-state index is 3.51. The molecule has 0 bridgehead atoms. The van der Waals surface area contributed by atoms with Crippen molar-refractivity contribution in [1.82, 2.24) is 4.98 Å². The van der Waals surface area contributed by atoms with Gasteiger partial charge < -0.3 is 4.98 Å². The minimum absolute atomic E-state index is 0.560. The third-order valence-corrected chi connectivity index (χ3v) is 3.67. The van der Waals surface area contributed by atoms with Gasteiger partial charge in [-0.1, -0.05) is 29.8 Å². The van der Waals surface area contributed by atoms with E-state index in [0.717, 1.165) is 4.47 Å². The predicted molar refractivity (Wildman–Crippen MR) is 72.8 cm³/mol. The highest BCUT2D eigenvalue weighted by Crippen LogP contribution is 2.31. The molecule has 0 aliphatic carbocycles. The zero-order valence-corrected chi connectivity index (χ0v) is 11.8. The number of aromatic nitrogens is 1. The zero-order chi connectivity index (χ0) is 10.3. The normalized spacial score (nSPS) is 11.5. The van der Waals surface area contributed by atoms with Gasteiger partial charge in [0.1, 0.15) is 0 Å². The maximum atomic E-state index is 3.51. The molecule has 1 N–H and O–H groups in total. The molecule has 1 aromatic heterocycles. The van der Waals surface area contributed by atoms with Gasteiger partial charge in [0.05, 0.1) is 3.70 Å². The van der Waals surface area contributed by atoms with E-state index in [1.54, 1.807) is 0 Å². The lowest BCUT2D eigenvalue weighted by Crippen LogP contribution is -1.87. The molecule has 3 heteroatoms. The topological polar surface area (TPSA) is 15.8 Å². The van der Waals surface area contributed by atoms with Gasteiger partial charge in [-0.05, 0) is 52.3 Å². The van der Waals surface area contributed by atoms with Crippen molar-refractivity contribution in [3.63, 3.8) is 0 Å². The van der Waals surface area contributed by atoms with E-state index in [4.69, 9.17) is 0 Å². The van der Waals surface area contributed by atoms with Crippen molar-refractivity contribution < 1.29 is 0 Å². The first-order chi connectivity index (χ1) is 6.59. The number of fused-ring (bicyclic) bond motifs is 1. The summed E-state index contributed by atoms with van der Waals surface area (Å²) in [6, 6.07) is 6.37. The number of hydrogen-bond donors (Lipinski definition) is 1. The summed E-state index contributed by atoms with van der Waals surface area (Å²) in [6.07, 6.45) is 0. The van der Waals surface area contributed by atoms with Crippen molar-refractivity contribution in [3.05, 3.63) is 31.9 Å². The molecular formula is C11H11BrIN. The van der Waals surface area contributed by atoms with Crippen molar-refractivity contribution in [2.24, 2.45) is 0 Å². The third kappa shape index (κ3) is 1.72. The number of halogens is 2. The van der Waals surface area contributed by atoms with Gasteiger partial charge in [-0.25, -0.2) is 0 Å². The molecule has 0 atom stereocenters. The zero-order valence-electron chi connectivity index (χ0n) is 8.07. The molecule has 0 unspecified atom stereocenters. The number of aromatic amines is 1. The monoisotopic (exact) mass is 363 g/mol. The lowest BCUT2D eigenvalue weighted by molar-refractivity contribution is 0.868. The second-order valence-electron chi connectivity index (χ2n) is 3.70. The molecule has 14 heavy (non-hydrogen) atoms. The lowest BCUT2D eigenvalue weighted by Gasteiger charge is -2.03. The van der Waals surface area contributed by atoms with E-state index in [9.17, 15) is 0 Å². The smallest absolute Gasteiger partial charge is 0.0817 e. The van der Waals surface area contributed by atoms with Crippen molar-refractivity contribution in [3.8, 4) is 0 Å². The quantitative estimate of drug-likeness (QED) is 0.709. The number of rotatable bonds is 1. The van der Waals surface area contributed by atoms with Crippen LogP contribution in [0.15, 0.2) is 22.7 Å². The summed E-state index contributed by atoms with van der Waals surface area (Å²) in [4.78, 5) is 3.40. The minimum Gasteiger partial charge on any atom is -0.350 e. The van der Waals surface area contributed by atoms with Crippen molar-refractivity contribution >= 4 is 49.4 Å². The summed E-state index contributed by atoms with van der Waals surface area (Å²) in [5, 5.41) is 1.33. The molecule has 0 saturated heterocycles. The van der Waals surface area contributed by atoms with E-state index < -0.39 is 0 Å². The molecule has 0 amide bonds. The highest BCUT2D eigenvalue weighted by Gasteiger charge is 2.12. The SMILES string of the molecule is CC(C)c1c(I)[nH]c2ccc(Br)cc12. The Balaban J connectivity index is 2.79. The third-order valence-electron chi connectivity index (χ3n) is 2.33. The minimum atomic E-state index is 0.560. The highest BCUT2D eigenvalue weighted by molar-refractivity contribution is 14.1. The van der Waals surface area contributed by atoms with Crippen molar-refractivity contribution in [2.75, 3.05) is 0 Å². The number of hydrogen-bond acceptors (Lipinski definition) is 0. The molecule has 0 saturated carbocycles. The van der Waals surface area contributed by atoms with Crippen LogP contribution in [0.1, 0.15) is 25.3 Å². The van der Waals surface area contributed by atoms with Crippen LogP contribution < -0.4 is 0 Å². The summed E-state index contributed by atoms with van der Waals surface area (Å²) in [5.41, 5.74) is 2.64. The van der Waals surface area contributed by atoms with Gasteiger partial charge in [-0.2, -0.15) is 0 Å². The van der Waals surface area contributed by atoms with Crippen LogP contribution in [-0.4, -0.2) is 4.98 Å². The maximum Gasteiger partial charge on any atom is 0.0817 e. The average Bonchev–Trinajstić information content (AvgIpc) is 2.40. The predicted octanol–water partition coefficient (Wildman–Crippen LogP) is 4.66. The molecular weight excluding hydrogens is 353 g/mol. The molecule has 0 radical (unpaired) electrons. The Morgan fingerprint density at radius 2 is 2.07 bits per heavy atom. The molecule has 74 valence electrons. The molecule has 1 nitrogen and oxygen atoms in total. The number of nitrogens with one attached hydrogen (secondary N) is 1. The lowest BCUT2D eigenvalue weighted by atomic mass is 10.0. The average molecular weight is 364 g/mol. The second kappa shape index (κ2) is 3.85. The second-order valence-corrected chi connectivity index (χ2v) is 5.69. The van der Waals surface area contributed by atoms with Gasteiger partial charge in [0.25, 0.3) is 0 Å². The summed E-state index contributed by atoms with van der Waals surface area (Å²) < 4.78 is 2.40. The van der Waals surface area contributed by atoms with Crippen LogP contribution in [0.25, 0.3) is 10.9 Å². The first-order valence-electron chi connectivity index (χ1n) is 4.56. The van der Waals surface area contributed by atoms with Gasteiger partial charge in [0.2, 0.25) is 0 Å². The van der Waals surface area contributed by atoms with E-state index in [-0.39, 0.29) is 0 Å². The Morgan fingerprint density at radius 3 is 2.71 bits per heavy atom. The molecule has 1 aromatic carbocycles. The summed E-state index contributed by atoms with van der Waals surface area (Å²) in [5.74, 6) is 0.560. The Labute approximate surface area is 106 Å². The van der Waals surface area contributed by atoms with E-state index in [1.807, 2.05) is 0 Å². The largest absolute Gasteiger partial charge is 0.350 e. The molecule has 0 aliphatic heterocycles. The Bertz CT molecular complexity index is 473. The van der Waals surface area contributed by atoms with Crippen LogP contribution in [0.3, 0.4) is 0 Å². The summed E-state index contributed by atoms with van der Waals surface area (Å²) in [7, 11) is 0. The van der Waals surface area contributed by atoms with Crippen LogP contribution in [0.5, 0.6) is 0 Å². The molecule has 0 spiro atoms. The van der Waals surface area contributed by atoms with Gasteiger partial charge in [0, 0.05) is 15.4 Å². The van der Waals surface area contributed by atoms with E-state index in [1.165, 1.54) is 20.2 Å². The van der Waals surface area contributed by atoms with E-state index in [0.29, 0.717) is 5.92 Å². The summed E-state index contributed by atoms with van der Waals surface area (Å²) >= 11 is 5.88. The molecule has 2 rings (SSSR count). The Morgan fingerprint density at radius 1 is 1.36 bits per heavy atom. The van der Waals surface area contributed by atoms with Crippen LogP contribution in [0.4, 0.5) is 0 Å². The molecule has 1 heterocycles. The first-order valence-corrected chi connectivity index (χ1v) is 6.43. The summed E-state index contributed by atoms with van der Waals surface area (Å²) in [6.45, 7) is 4.46. The fraction of sp³-hybridized carbons (Fsp3) is 0.273. The van der Waals surface area contributed by atoms with Gasteiger partial charge in [-0.3, -0.25) is 0 Å². The molecule has 0 fully saturated rings. The Kier molecular flexibility index (Phi) is 2.88. The van der Waals surface area contributed by atoms with Crippen LogP contribution in [0, 0.1) is 3.70 Å². The van der Waals surface area contributed by atoms with Crippen LogP contribution in [0.2, 0.25) is 0 Å².